The number of carbonyl (C=O) groups excluding carboxylic acids is 4. The molecule has 1 aromatic heterocycles. The molecule has 2 heterocycles. The van der Waals surface area contributed by atoms with Crippen molar-refractivity contribution in [1.82, 2.24) is 4.98 Å². The van der Waals surface area contributed by atoms with Crippen molar-refractivity contribution >= 4 is 61.8 Å². The Balaban J connectivity index is 1.14. The Kier molecular flexibility index (Phi) is 6.84. The molecule has 3 aromatic carbocycles. The van der Waals surface area contributed by atoms with Crippen LogP contribution in [0.2, 0.25) is 0 Å². The number of Topliss-reactive ketones (excluding diaryl/α,β-unsaturated/α-hetero) is 1. The van der Waals surface area contributed by atoms with Crippen LogP contribution in [0.3, 0.4) is 0 Å². The third kappa shape index (κ3) is 4.68. The lowest BCUT2D eigenvalue weighted by Gasteiger charge is -2.19. The number of hydrogen-bond acceptors (Lipinski definition) is 8. The molecule has 2 aliphatic carbocycles. The third-order valence-electron chi connectivity index (χ3n) is 9.07. The summed E-state index contributed by atoms with van der Waals surface area (Å²) in [6, 6.07) is 18.9. The summed E-state index contributed by atoms with van der Waals surface area (Å²) in [7, 11) is 0. The zero-order valence-corrected chi connectivity index (χ0v) is 24.7. The highest BCUT2D eigenvalue weighted by molar-refractivity contribution is 9.10. The van der Waals surface area contributed by atoms with Gasteiger partial charge in [-0.05, 0) is 79.6 Å². The van der Waals surface area contributed by atoms with Gasteiger partial charge in [-0.15, -0.1) is 0 Å². The van der Waals surface area contributed by atoms with E-state index in [0.717, 1.165) is 23.7 Å². The topological polar surface area (TPSA) is 137 Å². The summed E-state index contributed by atoms with van der Waals surface area (Å²) in [5.41, 5.74) is 2.39. The van der Waals surface area contributed by atoms with Gasteiger partial charge in [0.25, 0.3) is 5.69 Å². The van der Waals surface area contributed by atoms with E-state index in [-0.39, 0.29) is 40.5 Å². The average molecular weight is 654 g/mol. The molecule has 2 amide bonds. The molecule has 2 bridgehead atoms. The zero-order chi connectivity index (χ0) is 30.7. The Morgan fingerprint density at radius 3 is 2.23 bits per heavy atom. The maximum absolute atomic E-state index is 13.3. The summed E-state index contributed by atoms with van der Waals surface area (Å²) in [5, 5.41) is 11.4. The summed E-state index contributed by atoms with van der Waals surface area (Å²) in [6.07, 6.45) is 3.00. The molecule has 3 fully saturated rings. The minimum Gasteiger partial charge on any atom is -0.454 e. The summed E-state index contributed by atoms with van der Waals surface area (Å²) in [5.74, 6) is -1.27. The van der Waals surface area contributed by atoms with Crippen LogP contribution in [0.15, 0.2) is 77.3 Å². The smallest absolute Gasteiger partial charge is 0.339 e. The van der Waals surface area contributed by atoms with Crippen molar-refractivity contribution in [2.75, 3.05) is 11.5 Å². The van der Waals surface area contributed by atoms with Crippen molar-refractivity contribution in [2.24, 2.45) is 23.7 Å². The number of benzene rings is 3. The second-order valence-electron chi connectivity index (χ2n) is 11.5. The van der Waals surface area contributed by atoms with E-state index in [0.29, 0.717) is 39.7 Å². The highest BCUT2D eigenvalue weighted by atomic mass is 79.9. The maximum Gasteiger partial charge on any atom is 0.339 e. The monoisotopic (exact) mass is 653 g/mol. The molecule has 10 nitrogen and oxygen atoms in total. The second kappa shape index (κ2) is 10.7. The number of aromatic nitrogens is 1. The molecule has 11 heteroatoms. The van der Waals surface area contributed by atoms with Crippen molar-refractivity contribution in [3.05, 3.63) is 98.5 Å². The van der Waals surface area contributed by atoms with Crippen molar-refractivity contribution in [2.45, 2.75) is 19.3 Å². The van der Waals surface area contributed by atoms with E-state index in [4.69, 9.17) is 9.72 Å². The number of pyridine rings is 1. The maximum atomic E-state index is 13.3. The van der Waals surface area contributed by atoms with E-state index in [2.05, 4.69) is 15.9 Å². The van der Waals surface area contributed by atoms with E-state index in [9.17, 15) is 29.3 Å². The van der Waals surface area contributed by atoms with Crippen LogP contribution >= 0.6 is 15.9 Å². The van der Waals surface area contributed by atoms with E-state index in [1.165, 1.54) is 29.2 Å². The number of esters is 1. The number of amides is 2. The summed E-state index contributed by atoms with van der Waals surface area (Å²) < 4.78 is 6.10. The van der Waals surface area contributed by atoms with E-state index in [1.54, 1.807) is 48.5 Å². The Bertz CT molecular complexity index is 1860. The summed E-state index contributed by atoms with van der Waals surface area (Å²) in [4.78, 5) is 68.9. The molecule has 4 atom stereocenters. The third-order valence-corrected chi connectivity index (χ3v) is 9.57. The van der Waals surface area contributed by atoms with Crippen molar-refractivity contribution in [1.29, 1.82) is 0 Å². The molecule has 0 radical (unpaired) electrons. The van der Waals surface area contributed by atoms with Gasteiger partial charge in [0.05, 0.1) is 39.2 Å². The minimum absolute atomic E-state index is 0.109. The molecule has 44 heavy (non-hydrogen) atoms. The number of rotatable bonds is 7. The van der Waals surface area contributed by atoms with Gasteiger partial charge in [-0.3, -0.25) is 29.4 Å². The number of carbonyl (C=O) groups is 4. The fraction of sp³-hybridized carbons (Fsp3) is 0.242. The minimum atomic E-state index is -0.738. The lowest BCUT2D eigenvalue weighted by atomic mass is 9.81. The molecule has 220 valence electrons. The van der Waals surface area contributed by atoms with Gasteiger partial charge in [0.15, 0.2) is 12.4 Å². The van der Waals surface area contributed by atoms with Gasteiger partial charge in [-0.1, -0.05) is 28.1 Å². The van der Waals surface area contributed by atoms with E-state index >= 15 is 0 Å². The first-order valence-electron chi connectivity index (χ1n) is 14.2. The molecule has 7 rings (SSSR count). The van der Waals surface area contributed by atoms with Gasteiger partial charge in [-0.25, -0.2) is 9.78 Å². The van der Waals surface area contributed by atoms with Gasteiger partial charge < -0.3 is 4.74 Å². The number of non-ortho nitro benzene ring substituents is 1. The standard InChI is InChI=1S/C33H24BrN3O7/c34-21-7-12-26-24(14-21)25(33(41)44-16-28(38)18-5-10-23(11-6-18)37(42)43)15-27(35-26)17-3-8-22(9-4-17)36-31(39)29-19-1-2-20(13-19)30(29)32(36)40/h3-12,14-15,19-20,29-30H,1-2,13,16H2. The van der Waals surface area contributed by atoms with Crippen LogP contribution in [0.1, 0.15) is 40.0 Å². The van der Waals surface area contributed by atoms with Gasteiger partial charge >= 0.3 is 5.97 Å². The highest BCUT2D eigenvalue weighted by Crippen LogP contribution is 2.56. The number of hydrogen-bond donors (Lipinski definition) is 0. The number of nitro benzene ring substituents is 1. The van der Waals surface area contributed by atoms with Crippen molar-refractivity contribution in [3.8, 4) is 11.3 Å². The van der Waals surface area contributed by atoms with Crippen LogP contribution in [-0.4, -0.2) is 40.1 Å². The molecule has 4 unspecified atom stereocenters. The molecule has 3 aliphatic rings. The number of halogens is 1. The molecule has 1 aliphatic heterocycles. The van der Waals surface area contributed by atoms with Crippen LogP contribution < -0.4 is 4.90 Å². The number of nitro groups is 1. The molecule has 2 saturated carbocycles. The first-order chi connectivity index (χ1) is 21.2. The predicted octanol–water partition coefficient (Wildman–Crippen LogP) is 6.15. The summed E-state index contributed by atoms with van der Waals surface area (Å²) in [6.45, 7) is -0.555. The predicted molar refractivity (Wildman–Crippen MR) is 163 cm³/mol. The number of nitrogens with zero attached hydrogens (tertiary/aromatic N) is 3. The fourth-order valence-electron chi connectivity index (χ4n) is 7.02. The number of ketones is 1. The molecular weight excluding hydrogens is 630 g/mol. The number of imide groups is 1. The van der Waals surface area contributed by atoms with Crippen LogP contribution in [-0.2, 0) is 14.3 Å². The van der Waals surface area contributed by atoms with Crippen LogP contribution in [0.5, 0.6) is 0 Å². The highest BCUT2D eigenvalue weighted by Gasteiger charge is 2.61. The van der Waals surface area contributed by atoms with Gasteiger partial charge in [0, 0.05) is 33.1 Å². The fourth-order valence-corrected chi connectivity index (χ4v) is 7.38. The van der Waals surface area contributed by atoms with Gasteiger partial charge in [0.2, 0.25) is 11.8 Å². The number of anilines is 1. The molecule has 1 saturated heterocycles. The number of fused-ring (bicyclic) bond motifs is 6. The van der Waals surface area contributed by atoms with Crippen LogP contribution in [0, 0.1) is 33.8 Å². The Labute approximate surface area is 259 Å². The normalized spacial score (nSPS) is 22.0. The van der Waals surface area contributed by atoms with E-state index in [1.807, 2.05) is 0 Å². The van der Waals surface area contributed by atoms with Crippen molar-refractivity contribution in [3.63, 3.8) is 0 Å². The van der Waals surface area contributed by atoms with Crippen LogP contribution in [0.4, 0.5) is 11.4 Å². The molecule has 4 aromatic rings. The first kappa shape index (κ1) is 28.0. The SMILES string of the molecule is O=C(COC(=O)c1cc(-c2ccc(N3C(=O)C4C5CCC(C5)C4C3=O)cc2)nc2ccc(Br)cc12)c1ccc([N+](=O)[O-])cc1. The lowest BCUT2D eigenvalue weighted by molar-refractivity contribution is -0.384. The molecule has 0 N–H and O–H groups in total. The zero-order valence-electron chi connectivity index (χ0n) is 23.1. The van der Waals surface area contributed by atoms with Crippen LogP contribution in [0.25, 0.3) is 22.2 Å². The Morgan fingerprint density at radius 2 is 1.59 bits per heavy atom. The second-order valence-corrected chi connectivity index (χ2v) is 12.4. The van der Waals surface area contributed by atoms with Gasteiger partial charge in [-0.2, -0.15) is 0 Å². The Hall–Kier alpha value is -4.77. The first-order valence-corrected chi connectivity index (χ1v) is 15.0. The molecule has 0 spiro atoms. The summed E-state index contributed by atoms with van der Waals surface area (Å²) >= 11 is 3.43. The van der Waals surface area contributed by atoms with Crippen molar-refractivity contribution < 1.29 is 28.8 Å². The van der Waals surface area contributed by atoms with E-state index < -0.39 is 23.3 Å². The lowest BCUT2D eigenvalue weighted by Crippen LogP contribution is -2.32. The Morgan fingerprint density at radius 1 is 0.932 bits per heavy atom. The number of ether oxygens (including phenoxy) is 1. The largest absolute Gasteiger partial charge is 0.454 e. The average Bonchev–Trinajstić information content (AvgIpc) is 3.72. The quantitative estimate of drug-likeness (QED) is 0.0762. The molecular formula is C33H24BrN3O7. The van der Waals surface area contributed by atoms with Gasteiger partial charge in [0.1, 0.15) is 0 Å².